The lowest BCUT2D eigenvalue weighted by Gasteiger charge is -2.26. The summed E-state index contributed by atoms with van der Waals surface area (Å²) in [5, 5.41) is 3.50. The number of anilines is 3. The number of nitrogens with zero attached hydrogens (tertiary/aromatic N) is 3. The molecule has 0 radical (unpaired) electrons. The summed E-state index contributed by atoms with van der Waals surface area (Å²) < 4.78 is 32.7. The maximum atomic E-state index is 13.6. The van der Waals surface area contributed by atoms with Crippen molar-refractivity contribution in [1.29, 1.82) is 0 Å². The number of ether oxygens (including phenoxy) is 1. The smallest absolute Gasteiger partial charge is 0.281 e. The molecular weight excluding hydrogens is 536 g/mol. The molecule has 2 saturated heterocycles. The summed E-state index contributed by atoms with van der Waals surface area (Å²) in [6, 6.07) is 10.6. The maximum Gasteiger partial charge on any atom is 0.281 e. The van der Waals surface area contributed by atoms with E-state index in [1.54, 1.807) is 12.1 Å². The zero-order valence-electron chi connectivity index (χ0n) is 21.8. The first-order chi connectivity index (χ1) is 19.2. The van der Waals surface area contributed by atoms with Crippen molar-refractivity contribution in [2.24, 2.45) is 16.5 Å². The molecule has 5 rings (SSSR count). The second kappa shape index (κ2) is 12.2. The van der Waals surface area contributed by atoms with Gasteiger partial charge in [0.25, 0.3) is 5.91 Å². The van der Waals surface area contributed by atoms with Crippen LogP contribution in [0.15, 0.2) is 63.4 Å². The average Bonchev–Trinajstić information content (AvgIpc) is 3.36. The Hall–Kier alpha value is -3.74. The van der Waals surface area contributed by atoms with E-state index in [1.165, 1.54) is 18.3 Å². The summed E-state index contributed by atoms with van der Waals surface area (Å²) >= 11 is 1.08. The number of rotatable bonds is 7. The topological polar surface area (TPSA) is 145 Å². The summed E-state index contributed by atoms with van der Waals surface area (Å²) in [6.45, 7) is 2.89. The van der Waals surface area contributed by atoms with Gasteiger partial charge in [-0.25, -0.2) is 13.8 Å². The molecule has 7 N–H and O–H groups in total. The summed E-state index contributed by atoms with van der Waals surface area (Å²) in [7, 11) is 0. The van der Waals surface area contributed by atoms with E-state index in [1.807, 2.05) is 12.1 Å². The molecule has 1 atom stereocenters. The van der Waals surface area contributed by atoms with E-state index in [4.69, 9.17) is 21.9 Å². The van der Waals surface area contributed by atoms with Crippen LogP contribution in [0.25, 0.3) is 0 Å². The highest BCUT2D eigenvalue weighted by Crippen LogP contribution is 2.31. The van der Waals surface area contributed by atoms with E-state index >= 15 is 0 Å². The standard InChI is InChI=1S/C28H31F2N7O2S/c29-16-9-17(30)11-21(10-16)40-22-13-24(26(32)34-14-22)27(33)36-28(38)23-2-1-20(37-6-3-18(31)15-37)12-25(23)35-19-4-7-39-8-5-19/h1-2,9-14,18-19,35H,3-8,15,31H2,(H2,32,34)(H2,33,36,38)/t18-/m0/s1. The van der Waals surface area contributed by atoms with Crippen LogP contribution in [0, 0.1) is 11.6 Å². The lowest BCUT2D eigenvalue weighted by molar-refractivity contribution is 0.0904. The average molecular weight is 568 g/mol. The number of hydrogen-bond donors (Lipinski definition) is 4. The Morgan fingerprint density at radius 3 is 2.50 bits per heavy atom. The third kappa shape index (κ3) is 6.69. The van der Waals surface area contributed by atoms with Crippen LogP contribution in [0.2, 0.25) is 0 Å². The number of carbonyl (C=O) groups is 1. The third-order valence-corrected chi connectivity index (χ3v) is 7.80. The molecule has 9 nitrogen and oxygen atoms in total. The van der Waals surface area contributed by atoms with E-state index in [9.17, 15) is 13.6 Å². The van der Waals surface area contributed by atoms with Crippen molar-refractivity contribution in [3.8, 4) is 0 Å². The Kier molecular flexibility index (Phi) is 8.48. The van der Waals surface area contributed by atoms with Crippen LogP contribution in [0.5, 0.6) is 0 Å². The van der Waals surface area contributed by atoms with Crippen LogP contribution in [-0.2, 0) is 4.74 Å². The van der Waals surface area contributed by atoms with E-state index in [-0.39, 0.29) is 29.3 Å². The van der Waals surface area contributed by atoms with Gasteiger partial charge in [0.2, 0.25) is 0 Å². The van der Waals surface area contributed by atoms with Crippen LogP contribution >= 0.6 is 11.8 Å². The van der Waals surface area contributed by atoms with Crippen molar-refractivity contribution < 1.29 is 18.3 Å². The number of carbonyl (C=O) groups excluding carboxylic acids is 1. The number of hydrogen-bond acceptors (Lipinski definition) is 8. The third-order valence-electron chi connectivity index (χ3n) is 6.87. The fraction of sp³-hybridized carbons (Fsp3) is 0.321. The molecule has 3 aromatic rings. The van der Waals surface area contributed by atoms with Gasteiger partial charge in [-0.05, 0) is 55.7 Å². The molecule has 2 aromatic carbocycles. The number of halogens is 2. The zero-order valence-corrected chi connectivity index (χ0v) is 22.6. The molecule has 0 spiro atoms. The van der Waals surface area contributed by atoms with Crippen LogP contribution in [0.3, 0.4) is 0 Å². The van der Waals surface area contributed by atoms with Crippen molar-refractivity contribution in [3.05, 3.63) is 71.4 Å². The second-order valence-electron chi connectivity index (χ2n) is 9.87. The highest BCUT2D eigenvalue weighted by Gasteiger charge is 2.23. The van der Waals surface area contributed by atoms with Crippen molar-refractivity contribution in [1.82, 2.24) is 4.98 Å². The highest BCUT2D eigenvalue weighted by molar-refractivity contribution is 7.99. The summed E-state index contributed by atoms with van der Waals surface area (Å²) in [4.78, 5) is 24.8. The highest BCUT2D eigenvalue weighted by atomic mass is 32.2. The summed E-state index contributed by atoms with van der Waals surface area (Å²) in [5.41, 5.74) is 20.7. The predicted octanol–water partition coefficient (Wildman–Crippen LogP) is 3.77. The maximum absolute atomic E-state index is 13.6. The van der Waals surface area contributed by atoms with Gasteiger partial charge in [0.1, 0.15) is 23.3 Å². The number of benzene rings is 2. The fourth-order valence-corrected chi connectivity index (χ4v) is 5.69. The molecule has 1 amide bonds. The van der Waals surface area contributed by atoms with Crippen LogP contribution < -0.4 is 27.4 Å². The first-order valence-corrected chi connectivity index (χ1v) is 13.8. The number of amidine groups is 1. The lowest BCUT2D eigenvalue weighted by Crippen LogP contribution is -2.29. The van der Waals surface area contributed by atoms with E-state index < -0.39 is 17.5 Å². The molecule has 0 bridgehead atoms. The number of aromatic nitrogens is 1. The molecule has 0 unspecified atom stereocenters. The molecule has 0 aliphatic carbocycles. The fourth-order valence-electron chi connectivity index (χ4n) is 4.79. The zero-order chi connectivity index (χ0) is 28.2. The van der Waals surface area contributed by atoms with Crippen molar-refractivity contribution in [3.63, 3.8) is 0 Å². The number of nitrogens with one attached hydrogen (secondary N) is 1. The number of pyridine rings is 1. The van der Waals surface area contributed by atoms with Gasteiger partial charge in [0.05, 0.1) is 11.1 Å². The minimum absolute atomic E-state index is 0.0742. The number of amides is 1. The van der Waals surface area contributed by atoms with Gasteiger partial charge in [-0.2, -0.15) is 4.99 Å². The number of nitrogens with two attached hydrogens (primary N) is 3. The molecule has 3 heterocycles. The largest absolute Gasteiger partial charge is 0.383 e. The van der Waals surface area contributed by atoms with Gasteiger partial charge in [0, 0.05) is 71.8 Å². The van der Waals surface area contributed by atoms with E-state index in [0.717, 1.165) is 55.9 Å². The molecule has 1 aromatic heterocycles. The van der Waals surface area contributed by atoms with E-state index in [2.05, 4.69) is 20.2 Å². The van der Waals surface area contributed by atoms with E-state index in [0.29, 0.717) is 34.3 Å². The Morgan fingerprint density at radius 1 is 1.05 bits per heavy atom. The first kappa shape index (κ1) is 27.8. The van der Waals surface area contributed by atoms with Gasteiger partial charge in [-0.1, -0.05) is 11.8 Å². The molecule has 2 aliphatic heterocycles. The second-order valence-corrected chi connectivity index (χ2v) is 11.0. The van der Waals surface area contributed by atoms with Gasteiger partial charge in [-0.3, -0.25) is 4.79 Å². The normalized spacial score (nSPS) is 18.2. The van der Waals surface area contributed by atoms with Crippen LogP contribution in [-0.4, -0.2) is 55.1 Å². The summed E-state index contributed by atoms with van der Waals surface area (Å²) in [6.07, 6.45) is 4.00. The minimum Gasteiger partial charge on any atom is -0.383 e. The van der Waals surface area contributed by atoms with Crippen LogP contribution in [0.1, 0.15) is 35.2 Å². The summed E-state index contributed by atoms with van der Waals surface area (Å²) in [5.74, 6) is -1.97. The Labute approximate surface area is 235 Å². The Morgan fingerprint density at radius 2 is 1.80 bits per heavy atom. The van der Waals surface area contributed by atoms with Crippen molar-refractivity contribution in [2.45, 2.75) is 41.1 Å². The van der Waals surface area contributed by atoms with Gasteiger partial charge in [-0.15, -0.1) is 0 Å². The van der Waals surface area contributed by atoms with Gasteiger partial charge < -0.3 is 32.2 Å². The van der Waals surface area contributed by atoms with Crippen molar-refractivity contribution in [2.75, 3.05) is 42.3 Å². The van der Waals surface area contributed by atoms with Crippen LogP contribution in [0.4, 0.5) is 26.0 Å². The Bertz CT molecular complexity index is 1410. The molecule has 40 heavy (non-hydrogen) atoms. The monoisotopic (exact) mass is 567 g/mol. The molecule has 0 saturated carbocycles. The first-order valence-electron chi connectivity index (χ1n) is 13.0. The van der Waals surface area contributed by atoms with Gasteiger partial charge in [0.15, 0.2) is 0 Å². The minimum atomic E-state index is -0.693. The molecule has 2 aliphatic rings. The molecule has 210 valence electrons. The predicted molar refractivity (Wildman–Crippen MR) is 153 cm³/mol. The van der Waals surface area contributed by atoms with Crippen molar-refractivity contribution >= 4 is 40.7 Å². The molecule has 12 heteroatoms. The lowest BCUT2D eigenvalue weighted by atomic mass is 10.1. The Balaban J connectivity index is 1.41. The SMILES string of the molecule is NC(=NC(=O)c1ccc(N2CC[C@H](N)C2)cc1NC1CCOCC1)c1cc(Sc2cc(F)cc(F)c2)cnc1N. The number of nitrogen functional groups attached to an aromatic ring is 1. The molecule has 2 fully saturated rings. The quantitative estimate of drug-likeness (QED) is 0.248. The number of aliphatic imine (C=N–C) groups is 1. The molecular formula is C28H31F2N7O2S. The van der Waals surface area contributed by atoms with Gasteiger partial charge >= 0.3 is 0 Å².